The predicted octanol–water partition coefficient (Wildman–Crippen LogP) is 4.42. The van der Waals surface area contributed by atoms with Gasteiger partial charge in [-0.05, 0) is 24.3 Å². The zero-order valence-corrected chi connectivity index (χ0v) is 17.5. The van der Waals surface area contributed by atoms with Crippen molar-refractivity contribution in [3.63, 3.8) is 0 Å². The predicted molar refractivity (Wildman–Crippen MR) is 117 cm³/mol. The third-order valence-electron chi connectivity index (χ3n) is 4.47. The monoisotopic (exact) mass is 450 g/mol. The Hall–Kier alpha value is -4.11. The number of carboxylic acids is 1. The molecule has 4 aromatic rings. The molecule has 0 bridgehead atoms. The van der Waals surface area contributed by atoms with Gasteiger partial charge in [0, 0.05) is 5.56 Å². The lowest BCUT2D eigenvalue weighted by Gasteiger charge is -2.07. The first-order chi connectivity index (χ1) is 15.4. The van der Waals surface area contributed by atoms with Crippen molar-refractivity contribution in [3.8, 4) is 17.0 Å². The maximum absolute atomic E-state index is 12.8. The number of hydrogen-bond donors (Lipinski definition) is 2. The lowest BCUT2D eigenvalue weighted by molar-refractivity contribution is 0.0691. The fourth-order valence-corrected chi connectivity index (χ4v) is 3.99. The molecule has 0 aliphatic heterocycles. The molecule has 0 saturated heterocycles. The molecule has 1 aromatic heterocycles. The van der Waals surface area contributed by atoms with E-state index in [-0.39, 0.29) is 40.3 Å². The van der Waals surface area contributed by atoms with Gasteiger partial charge in [-0.3, -0.25) is 0 Å². The van der Waals surface area contributed by atoms with Crippen molar-refractivity contribution in [1.82, 2.24) is 4.98 Å². The molecule has 0 radical (unpaired) electrons. The second kappa shape index (κ2) is 8.94. The first kappa shape index (κ1) is 21.1. The Morgan fingerprint density at radius 3 is 2.25 bits per heavy atom. The average Bonchev–Trinajstić information content (AvgIpc) is 3.21. The number of para-hydroxylation sites is 1. The average molecular weight is 450 g/mol. The topological polar surface area (TPSA) is 119 Å². The first-order valence-corrected chi connectivity index (χ1v) is 11.0. The number of nitrogens with zero attached hydrogens (tertiary/aromatic N) is 1. The Morgan fingerprint density at radius 1 is 0.938 bits per heavy atom. The highest BCUT2D eigenvalue weighted by Crippen LogP contribution is 2.31. The number of anilines is 1. The molecule has 4 rings (SSSR count). The first-order valence-electron chi connectivity index (χ1n) is 9.52. The highest BCUT2D eigenvalue weighted by atomic mass is 32.2. The summed E-state index contributed by atoms with van der Waals surface area (Å²) in [6.45, 7) is -0.197. The van der Waals surface area contributed by atoms with Crippen LogP contribution in [0.4, 0.5) is 5.88 Å². The number of oxazole rings is 1. The van der Waals surface area contributed by atoms with Gasteiger partial charge < -0.3 is 14.3 Å². The van der Waals surface area contributed by atoms with Gasteiger partial charge in [0.05, 0.1) is 4.90 Å². The Bertz CT molecular complexity index is 1340. The van der Waals surface area contributed by atoms with Crippen molar-refractivity contribution in [2.75, 3.05) is 4.72 Å². The number of hydrogen-bond acceptors (Lipinski definition) is 6. The zero-order valence-electron chi connectivity index (χ0n) is 16.6. The maximum atomic E-state index is 12.8. The van der Waals surface area contributed by atoms with Crippen molar-refractivity contribution in [1.29, 1.82) is 0 Å². The van der Waals surface area contributed by atoms with Crippen molar-refractivity contribution in [2.45, 2.75) is 11.5 Å². The Balaban J connectivity index is 1.66. The quantitative estimate of drug-likeness (QED) is 0.408. The van der Waals surface area contributed by atoms with Crippen LogP contribution in [0.1, 0.15) is 16.2 Å². The SMILES string of the molecule is O=C(O)c1ccccc1OCc1nc(-c2ccccc2)c(NS(=O)(=O)c2ccccc2)o1. The molecule has 2 N–H and O–H groups in total. The molecule has 0 amide bonds. The fourth-order valence-electron chi connectivity index (χ4n) is 2.98. The van der Waals surface area contributed by atoms with E-state index in [0.29, 0.717) is 5.56 Å². The molecular formula is C23H18N2O6S. The number of carboxylic acid groups (broad SMARTS) is 1. The van der Waals surface area contributed by atoms with E-state index >= 15 is 0 Å². The van der Waals surface area contributed by atoms with E-state index in [0.717, 1.165) is 0 Å². The standard InChI is InChI=1S/C23H18N2O6S/c26-23(27)18-13-7-8-14-19(18)30-15-20-24-21(16-9-3-1-4-10-16)22(31-20)25-32(28,29)17-11-5-2-6-12-17/h1-14,25H,15H2,(H,26,27). The van der Waals surface area contributed by atoms with Crippen LogP contribution in [0.2, 0.25) is 0 Å². The van der Waals surface area contributed by atoms with E-state index in [2.05, 4.69) is 9.71 Å². The van der Waals surface area contributed by atoms with Crippen LogP contribution in [-0.2, 0) is 16.6 Å². The third kappa shape index (κ3) is 4.62. The van der Waals surface area contributed by atoms with Crippen LogP contribution >= 0.6 is 0 Å². The summed E-state index contributed by atoms with van der Waals surface area (Å²) in [4.78, 5) is 15.8. The van der Waals surface area contributed by atoms with Gasteiger partial charge in [-0.1, -0.05) is 60.7 Å². The summed E-state index contributed by atoms with van der Waals surface area (Å²) in [7, 11) is -3.92. The Labute approximate surface area is 184 Å². The smallest absolute Gasteiger partial charge is 0.339 e. The van der Waals surface area contributed by atoms with E-state index in [4.69, 9.17) is 9.15 Å². The Morgan fingerprint density at radius 2 is 1.56 bits per heavy atom. The van der Waals surface area contributed by atoms with Crippen LogP contribution in [-0.4, -0.2) is 24.5 Å². The van der Waals surface area contributed by atoms with Gasteiger partial charge in [0.25, 0.3) is 10.0 Å². The van der Waals surface area contributed by atoms with Gasteiger partial charge in [-0.2, -0.15) is 0 Å². The zero-order chi connectivity index (χ0) is 22.6. The highest BCUT2D eigenvalue weighted by Gasteiger charge is 2.22. The molecule has 0 aliphatic rings. The minimum Gasteiger partial charge on any atom is -0.483 e. The van der Waals surface area contributed by atoms with Crippen LogP contribution in [0.25, 0.3) is 11.3 Å². The normalized spacial score (nSPS) is 11.1. The van der Waals surface area contributed by atoms with Gasteiger partial charge in [0.2, 0.25) is 11.8 Å². The van der Waals surface area contributed by atoms with E-state index in [1.807, 2.05) is 6.07 Å². The van der Waals surface area contributed by atoms with Gasteiger partial charge in [-0.15, -0.1) is 0 Å². The molecule has 9 heteroatoms. The summed E-state index contributed by atoms with van der Waals surface area (Å²) in [5.41, 5.74) is 0.918. The van der Waals surface area contributed by atoms with Crippen molar-refractivity contribution < 1.29 is 27.5 Å². The van der Waals surface area contributed by atoms with Gasteiger partial charge in [0.15, 0.2) is 6.61 Å². The molecule has 0 spiro atoms. The number of aromatic nitrogens is 1. The molecular weight excluding hydrogens is 432 g/mol. The molecule has 0 fully saturated rings. The van der Waals surface area contributed by atoms with Crippen LogP contribution in [0.15, 0.2) is 94.2 Å². The molecule has 3 aromatic carbocycles. The largest absolute Gasteiger partial charge is 0.483 e. The van der Waals surface area contributed by atoms with Crippen LogP contribution in [0, 0.1) is 0 Å². The minimum absolute atomic E-state index is 0.00709. The molecule has 0 atom stereocenters. The van der Waals surface area contributed by atoms with E-state index in [9.17, 15) is 18.3 Å². The van der Waals surface area contributed by atoms with Crippen LogP contribution in [0.3, 0.4) is 0 Å². The van der Waals surface area contributed by atoms with Crippen LogP contribution in [0.5, 0.6) is 5.75 Å². The van der Waals surface area contributed by atoms with Crippen molar-refractivity contribution in [2.24, 2.45) is 0 Å². The number of carbonyl (C=O) groups is 1. The minimum atomic E-state index is -3.92. The lowest BCUT2D eigenvalue weighted by atomic mass is 10.2. The molecule has 162 valence electrons. The van der Waals surface area contributed by atoms with Gasteiger partial charge in [0.1, 0.15) is 17.0 Å². The molecule has 0 aliphatic carbocycles. The van der Waals surface area contributed by atoms with Crippen LogP contribution < -0.4 is 9.46 Å². The molecule has 0 saturated carbocycles. The van der Waals surface area contributed by atoms with E-state index in [1.165, 1.54) is 24.3 Å². The van der Waals surface area contributed by atoms with Crippen molar-refractivity contribution >= 4 is 21.9 Å². The number of benzene rings is 3. The molecule has 0 unspecified atom stereocenters. The molecule has 8 nitrogen and oxygen atoms in total. The number of aromatic carboxylic acids is 1. The summed E-state index contributed by atoms with van der Waals surface area (Å²) in [5.74, 6) is -0.972. The van der Waals surface area contributed by atoms with E-state index in [1.54, 1.807) is 54.6 Å². The maximum Gasteiger partial charge on any atom is 0.339 e. The number of ether oxygens (including phenoxy) is 1. The molecule has 1 heterocycles. The summed E-state index contributed by atoms with van der Waals surface area (Å²) >= 11 is 0. The summed E-state index contributed by atoms with van der Waals surface area (Å²) in [6, 6.07) is 23.0. The summed E-state index contributed by atoms with van der Waals surface area (Å²) in [5, 5.41) is 9.30. The lowest BCUT2D eigenvalue weighted by Crippen LogP contribution is -2.12. The third-order valence-corrected chi connectivity index (χ3v) is 5.81. The summed E-state index contributed by atoms with van der Waals surface area (Å²) in [6.07, 6.45) is 0. The Kier molecular flexibility index (Phi) is 5.91. The molecule has 32 heavy (non-hydrogen) atoms. The van der Waals surface area contributed by atoms with Gasteiger partial charge >= 0.3 is 5.97 Å². The highest BCUT2D eigenvalue weighted by molar-refractivity contribution is 7.92. The van der Waals surface area contributed by atoms with Crippen molar-refractivity contribution in [3.05, 3.63) is 96.4 Å². The number of rotatable bonds is 8. The number of nitrogens with one attached hydrogen (secondary N) is 1. The fraction of sp³-hybridized carbons (Fsp3) is 0.0435. The second-order valence-corrected chi connectivity index (χ2v) is 8.34. The summed E-state index contributed by atoms with van der Waals surface area (Å²) < 4.78 is 39.3. The van der Waals surface area contributed by atoms with E-state index < -0.39 is 16.0 Å². The number of sulfonamides is 1. The van der Waals surface area contributed by atoms with Gasteiger partial charge in [-0.25, -0.2) is 22.9 Å². The second-order valence-electron chi connectivity index (χ2n) is 6.66.